The van der Waals surface area contributed by atoms with Crippen molar-refractivity contribution in [2.75, 3.05) is 25.1 Å². The summed E-state index contributed by atoms with van der Waals surface area (Å²) in [5.74, 6) is -5.54. The first-order chi connectivity index (χ1) is 22.8. The van der Waals surface area contributed by atoms with Crippen molar-refractivity contribution in [1.82, 2.24) is 21.1 Å². The van der Waals surface area contributed by atoms with E-state index in [9.17, 15) is 22.8 Å². The van der Waals surface area contributed by atoms with Gasteiger partial charge in [-0.05, 0) is 69.8 Å². The van der Waals surface area contributed by atoms with Crippen LogP contribution in [0.3, 0.4) is 0 Å². The number of carbonyl (C=O) groups excluding carboxylic acids is 2. The van der Waals surface area contributed by atoms with Gasteiger partial charge in [0.25, 0.3) is 0 Å². The maximum Gasteiger partial charge on any atom is 0.343 e. The van der Waals surface area contributed by atoms with Crippen LogP contribution < -0.4 is 21.5 Å². The highest BCUT2D eigenvalue weighted by atomic mass is 19.2. The Morgan fingerprint density at radius 3 is 2.30 bits per heavy atom. The smallest absolute Gasteiger partial charge is 0.343 e. The van der Waals surface area contributed by atoms with E-state index in [1.807, 2.05) is 0 Å². The maximum atomic E-state index is 14.9. The molecule has 0 bridgehead atoms. The highest BCUT2D eigenvalue weighted by molar-refractivity contribution is 6.03. The molecule has 11 heteroatoms. The van der Waals surface area contributed by atoms with Crippen LogP contribution in [-0.2, 0) is 9.53 Å². The minimum atomic E-state index is -1.51. The lowest BCUT2D eigenvalue weighted by molar-refractivity contribution is -0.120. The molecule has 2 aliphatic heterocycles. The average molecular weight is 662 g/mol. The topological polar surface area (TPSA) is 94.7 Å². The van der Waals surface area contributed by atoms with E-state index < -0.39 is 52.3 Å². The predicted molar refractivity (Wildman–Crippen MR) is 177 cm³/mol. The third-order valence-electron chi connectivity index (χ3n) is 10.8. The number of hydrogen-bond acceptors (Lipinski definition) is 7. The molecule has 4 aliphatic rings. The van der Waals surface area contributed by atoms with Gasteiger partial charge in [-0.3, -0.25) is 15.0 Å². The molecule has 262 valence electrons. The first kappa shape index (κ1) is 35.8. The number of amides is 1. The lowest BCUT2D eigenvalue weighted by atomic mass is 9.84. The van der Waals surface area contributed by atoms with Crippen LogP contribution in [0.5, 0.6) is 0 Å². The first-order valence-corrected chi connectivity index (χ1v) is 18.2. The fourth-order valence-corrected chi connectivity index (χ4v) is 8.09. The van der Waals surface area contributed by atoms with E-state index in [4.69, 9.17) is 4.74 Å². The molecule has 2 aliphatic carbocycles. The number of hydrazine groups is 1. The van der Waals surface area contributed by atoms with Crippen molar-refractivity contribution in [3.05, 3.63) is 40.7 Å². The van der Waals surface area contributed by atoms with Crippen LogP contribution in [0.25, 0.3) is 0 Å². The number of benzene rings is 1. The zero-order valence-corrected chi connectivity index (χ0v) is 28.0. The largest absolute Gasteiger partial charge is 0.462 e. The van der Waals surface area contributed by atoms with Gasteiger partial charge in [-0.1, -0.05) is 70.3 Å². The molecule has 8 nitrogen and oxygen atoms in total. The van der Waals surface area contributed by atoms with E-state index >= 15 is 0 Å². The molecule has 2 saturated heterocycles. The number of nitrogens with one attached hydrogen (secondary N) is 4. The number of rotatable bonds is 7. The standard InChI is InChI=1S/C36H54F3N5O3/c1-2-47-35(46)31-27(37)22-28(38)32(39)33(31)41-34(45)29-20-21-36(43-42-29,26-18-14-10-4-3-5-11-15-19-26)44-23-30(40-24-44)25-16-12-8-6-7-9-13-17-25/h18,22,25,29-30,40,42-43H,2-17,19-21,23-24H2,1H3,(H,41,45)/b26-18+. The van der Waals surface area contributed by atoms with Crippen LogP contribution in [-0.4, -0.2) is 54.3 Å². The molecule has 0 radical (unpaired) electrons. The van der Waals surface area contributed by atoms with Gasteiger partial charge < -0.3 is 10.1 Å². The minimum Gasteiger partial charge on any atom is -0.462 e. The van der Waals surface area contributed by atoms with Crippen molar-refractivity contribution in [3.63, 3.8) is 0 Å². The van der Waals surface area contributed by atoms with E-state index in [2.05, 4.69) is 32.5 Å². The second-order valence-electron chi connectivity index (χ2n) is 13.9. The number of carbonyl (C=O) groups is 2. The maximum absolute atomic E-state index is 14.9. The van der Waals surface area contributed by atoms with Crippen LogP contribution in [0.1, 0.15) is 133 Å². The number of allylic oxidation sites excluding steroid dienone is 1. The van der Waals surface area contributed by atoms with Gasteiger partial charge >= 0.3 is 5.97 Å². The quantitative estimate of drug-likeness (QED) is 0.139. The molecule has 47 heavy (non-hydrogen) atoms. The number of ether oxygens (including phenoxy) is 1. The summed E-state index contributed by atoms with van der Waals surface area (Å²) in [4.78, 5) is 28.5. The fourth-order valence-electron chi connectivity index (χ4n) is 8.09. The molecule has 4 N–H and O–H groups in total. The molecular formula is C36H54F3N5O3. The number of esters is 1. The van der Waals surface area contributed by atoms with Crippen LogP contribution >= 0.6 is 0 Å². The normalized spacial score (nSPS) is 28.7. The van der Waals surface area contributed by atoms with Gasteiger partial charge in [0.05, 0.1) is 19.0 Å². The molecular weight excluding hydrogens is 607 g/mol. The van der Waals surface area contributed by atoms with Crippen molar-refractivity contribution in [2.24, 2.45) is 5.92 Å². The summed E-state index contributed by atoms with van der Waals surface area (Å²) in [6.45, 7) is 3.07. The molecule has 3 atom stereocenters. The Bertz CT molecular complexity index is 1240. The zero-order valence-electron chi connectivity index (χ0n) is 28.0. The molecule has 3 unspecified atom stereocenters. The van der Waals surface area contributed by atoms with Crippen molar-refractivity contribution >= 4 is 17.6 Å². The number of halogens is 3. The second-order valence-corrected chi connectivity index (χ2v) is 13.9. The molecule has 2 heterocycles. The van der Waals surface area contributed by atoms with Crippen LogP contribution in [0.15, 0.2) is 17.7 Å². The molecule has 1 aromatic carbocycles. The van der Waals surface area contributed by atoms with E-state index in [1.54, 1.807) is 0 Å². The fraction of sp³-hybridized carbons (Fsp3) is 0.722. The van der Waals surface area contributed by atoms with Gasteiger partial charge in [-0.2, -0.15) is 0 Å². The summed E-state index contributed by atoms with van der Waals surface area (Å²) < 4.78 is 48.7. The van der Waals surface area contributed by atoms with Crippen molar-refractivity contribution < 1.29 is 27.5 Å². The molecule has 0 aromatic heterocycles. The number of anilines is 1. The SMILES string of the molecule is CCOC(=O)c1c(F)cc(F)c(F)c1NC(=O)C1CCC(/C2=C/CCCCCCCC2)(N2CNC(C3CCCCCCCC3)C2)NN1. The van der Waals surface area contributed by atoms with Gasteiger partial charge in [0.1, 0.15) is 23.1 Å². The lowest BCUT2D eigenvalue weighted by Crippen LogP contribution is -2.70. The van der Waals surface area contributed by atoms with Gasteiger partial charge in [0, 0.05) is 18.7 Å². The molecule has 1 amide bonds. The molecule has 1 saturated carbocycles. The Hall–Kier alpha value is -2.47. The summed E-state index contributed by atoms with van der Waals surface area (Å²) in [5, 5.41) is 6.17. The van der Waals surface area contributed by atoms with Crippen molar-refractivity contribution in [1.29, 1.82) is 0 Å². The zero-order chi connectivity index (χ0) is 33.2. The van der Waals surface area contributed by atoms with E-state index in [0.29, 0.717) is 24.8 Å². The predicted octanol–water partition coefficient (Wildman–Crippen LogP) is 7.21. The Labute approximate surface area is 278 Å². The molecule has 3 fully saturated rings. The van der Waals surface area contributed by atoms with Gasteiger partial charge in [-0.25, -0.2) is 28.8 Å². The molecule has 1 aromatic rings. The lowest BCUT2D eigenvalue weighted by Gasteiger charge is -2.49. The highest BCUT2D eigenvalue weighted by Crippen LogP contribution is 2.38. The van der Waals surface area contributed by atoms with Gasteiger partial charge in [0.2, 0.25) is 5.91 Å². The third-order valence-corrected chi connectivity index (χ3v) is 10.8. The Morgan fingerprint density at radius 2 is 1.62 bits per heavy atom. The van der Waals surface area contributed by atoms with Crippen LogP contribution in [0, 0.1) is 23.4 Å². The first-order valence-electron chi connectivity index (χ1n) is 18.2. The molecule has 5 rings (SSSR count). The van der Waals surface area contributed by atoms with Crippen LogP contribution in [0.4, 0.5) is 18.9 Å². The summed E-state index contributed by atoms with van der Waals surface area (Å²) in [6.07, 6.45) is 23.0. The Kier molecular flexibility index (Phi) is 13.2. The van der Waals surface area contributed by atoms with Crippen LogP contribution in [0.2, 0.25) is 0 Å². The van der Waals surface area contributed by atoms with E-state index in [0.717, 1.165) is 38.9 Å². The van der Waals surface area contributed by atoms with Gasteiger partial charge in [0.15, 0.2) is 11.6 Å². The average Bonchev–Trinajstić information content (AvgIpc) is 3.61. The highest BCUT2D eigenvalue weighted by Gasteiger charge is 2.47. The van der Waals surface area contributed by atoms with E-state index in [-0.39, 0.29) is 12.7 Å². The Balaban J connectivity index is 1.35. The molecule has 0 spiro atoms. The third kappa shape index (κ3) is 8.77. The summed E-state index contributed by atoms with van der Waals surface area (Å²) in [5.41, 5.74) is 5.93. The number of hydrogen-bond donors (Lipinski definition) is 4. The summed E-state index contributed by atoms with van der Waals surface area (Å²) in [6, 6.07) is -0.140. The second kappa shape index (κ2) is 17.3. The Morgan fingerprint density at radius 1 is 0.936 bits per heavy atom. The van der Waals surface area contributed by atoms with Crippen molar-refractivity contribution in [3.8, 4) is 0 Å². The monoisotopic (exact) mass is 661 g/mol. The summed E-state index contributed by atoms with van der Waals surface area (Å²) >= 11 is 0. The van der Waals surface area contributed by atoms with Crippen molar-refractivity contribution in [2.45, 2.75) is 140 Å². The van der Waals surface area contributed by atoms with Gasteiger partial charge in [-0.15, -0.1) is 0 Å². The summed E-state index contributed by atoms with van der Waals surface area (Å²) in [7, 11) is 0. The van der Waals surface area contributed by atoms with E-state index in [1.165, 1.54) is 89.5 Å². The number of nitrogens with zero attached hydrogens (tertiary/aromatic N) is 1. The minimum absolute atomic E-state index is 0.0936.